The lowest BCUT2D eigenvalue weighted by Gasteiger charge is -2.15. The van der Waals surface area contributed by atoms with Crippen LogP contribution in [0.1, 0.15) is 37.7 Å². The van der Waals surface area contributed by atoms with E-state index in [4.69, 9.17) is 5.21 Å². The molecule has 1 aromatic carbocycles. The van der Waals surface area contributed by atoms with E-state index < -0.39 is 6.04 Å². The van der Waals surface area contributed by atoms with E-state index >= 15 is 0 Å². The minimum Gasteiger partial charge on any atom is -1.00 e. The molecule has 1 fully saturated rings. The number of quaternary nitrogens is 1. The van der Waals surface area contributed by atoms with Crippen LogP contribution in [0.5, 0.6) is 0 Å². The molecule has 0 aliphatic heterocycles. The van der Waals surface area contributed by atoms with Crippen LogP contribution in [0.3, 0.4) is 0 Å². The summed E-state index contributed by atoms with van der Waals surface area (Å²) in [7, 11) is 0. The summed E-state index contributed by atoms with van der Waals surface area (Å²) in [4.78, 5) is 16.4. The van der Waals surface area contributed by atoms with Gasteiger partial charge in [0.1, 0.15) is 0 Å². The molecule has 2 rings (SSSR count). The molecule has 110 valence electrons. The lowest BCUT2D eigenvalue weighted by molar-refractivity contribution is -0.815. The summed E-state index contributed by atoms with van der Waals surface area (Å²) in [6, 6.07) is 9.35. The zero-order chi connectivity index (χ0) is 13.5. The molecule has 1 aliphatic rings. The predicted octanol–water partition coefficient (Wildman–Crippen LogP) is -1.51. The minimum atomic E-state index is -0.472. The Morgan fingerprint density at radius 2 is 1.85 bits per heavy atom. The van der Waals surface area contributed by atoms with E-state index in [0.717, 1.165) is 37.0 Å². The standard InChI is InChI=1S/C15H20N2O2.ClH/c18-15(17-19)14(11-12-7-3-1-4-8-12)16-13-9-5-2-6-10-13;/h1,3-4,7-8,14,19H,2,5-6,9-11H2,(H,17,18);1H/t14-;/m0./s1. The number of nitrogens with two attached hydrogens (primary N) is 1. The van der Waals surface area contributed by atoms with E-state index in [1.165, 1.54) is 6.42 Å². The second-order valence-electron chi connectivity index (χ2n) is 4.99. The number of amides is 1. The van der Waals surface area contributed by atoms with Crippen molar-refractivity contribution < 1.29 is 27.9 Å². The molecule has 3 N–H and O–H groups in total. The average molecular weight is 297 g/mol. The van der Waals surface area contributed by atoms with E-state index in [1.54, 1.807) is 0 Å². The van der Waals surface area contributed by atoms with Gasteiger partial charge in [0.25, 0.3) is 0 Å². The fourth-order valence-electron chi connectivity index (χ4n) is 2.44. The van der Waals surface area contributed by atoms with Crippen LogP contribution in [0.2, 0.25) is 0 Å². The highest BCUT2D eigenvalue weighted by atomic mass is 35.5. The molecule has 0 heterocycles. The number of carbonyl (C=O) groups excluding carboxylic acids is 1. The van der Waals surface area contributed by atoms with Crippen molar-refractivity contribution in [1.82, 2.24) is 0 Å². The zero-order valence-corrected chi connectivity index (χ0v) is 12.2. The summed E-state index contributed by atoms with van der Waals surface area (Å²) >= 11 is 0. The fourth-order valence-corrected chi connectivity index (χ4v) is 2.44. The van der Waals surface area contributed by atoms with E-state index in [-0.39, 0.29) is 18.3 Å². The number of nitrogens with zero attached hydrogens (tertiary/aromatic N) is 1. The Morgan fingerprint density at radius 1 is 1.20 bits per heavy atom. The number of hydroxylamine groups is 1. The summed E-state index contributed by atoms with van der Waals surface area (Å²) in [5.41, 5.74) is 2.85. The van der Waals surface area contributed by atoms with Crippen LogP contribution in [0.25, 0.3) is 0 Å². The van der Waals surface area contributed by atoms with E-state index in [2.05, 4.69) is 4.99 Å². The van der Waals surface area contributed by atoms with E-state index in [1.807, 2.05) is 30.3 Å². The maximum Gasteiger partial charge on any atom is 0.367 e. The first kappa shape index (κ1) is 16.8. The topological polar surface area (TPSA) is 66.3 Å². The molecule has 0 unspecified atom stereocenters. The molecule has 1 aromatic rings. The Kier molecular flexibility index (Phi) is 7.44. The second kappa shape index (κ2) is 8.84. The van der Waals surface area contributed by atoms with Gasteiger partial charge in [0, 0.05) is 12.1 Å². The molecule has 5 heteroatoms. The monoisotopic (exact) mass is 296 g/mol. The van der Waals surface area contributed by atoms with Crippen LogP contribution in [-0.4, -0.2) is 22.9 Å². The van der Waals surface area contributed by atoms with Gasteiger partial charge in [0.05, 0.1) is 0 Å². The van der Waals surface area contributed by atoms with Crippen molar-refractivity contribution >= 4 is 11.6 Å². The first-order valence-corrected chi connectivity index (χ1v) is 6.90. The molecule has 1 atom stereocenters. The van der Waals surface area contributed by atoms with Gasteiger partial charge in [-0.3, -0.25) is 4.99 Å². The van der Waals surface area contributed by atoms with Gasteiger partial charge in [0.15, 0.2) is 6.04 Å². The number of hydrogen-bond acceptors (Lipinski definition) is 3. The molecule has 0 bridgehead atoms. The maximum absolute atomic E-state index is 11.8. The molecule has 0 spiro atoms. The number of benzene rings is 1. The third-order valence-electron chi connectivity index (χ3n) is 3.50. The van der Waals surface area contributed by atoms with Gasteiger partial charge in [-0.15, -0.1) is 5.48 Å². The third kappa shape index (κ3) is 5.04. The van der Waals surface area contributed by atoms with Crippen molar-refractivity contribution in [3.05, 3.63) is 35.9 Å². The lowest BCUT2D eigenvalue weighted by atomic mass is 9.97. The quantitative estimate of drug-likeness (QED) is 0.524. The van der Waals surface area contributed by atoms with Crippen molar-refractivity contribution in [3.8, 4) is 0 Å². The van der Waals surface area contributed by atoms with Gasteiger partial charge in [-0.25, -0.2) is 10.0 Å². The van der Waals surface area contributed by atoms with E-state index in [9.17, 15) is 4.79 Å². The highest BCUT2D eigenvalue weighted by Crippen LogP contribution is 2.16. The largest absolute Gasteiger partial charge is 1.00 e. The molecular formula is C15H21ClN2O2. The lowest BCUT2D eigenvalue weighted by Crippen LogP contribution is -3.00. The highest BCUT2D eigenvalue weighted by Gasteiger charge is 2.23. The van der Waals surface area contributed by atoms with Gasteiger partial charge in [-0.05, 0) is 31.2 Å². The third-order valence-corrected chi connectivity index (χ3v) is 3.50. The van der Waals surface area contributed by atoms with Crippen molar-refractivity contribution in [2.75, 3.05) is 0 Å². The molecule has 0 aromatic heterocycles. The Balaban J connectivity index is 0.00000200. The number of carbonyl (C=O) groups is 1. The Labute approximate surface area is 125 Å². The summed E-state index contributed by atoms with van der Waals surface area (Å²) in [5, 5.41) is 8.97. The molecule has 1 saturated carbocycles. The predicted molar refractivity (Wildman–Crippen MR) is 73.2 cm³/mol. The van der Waals surface area contributed by atoms with Crippen LogP contribution in [-0.2, 0) is 11.2 Å². The Hall–Kier alpha value is -1.23. The number of rotatable bonds is 4. The molecule has 4 nitrogen and oxygen atoms in total. The molecule has 0 saturated heterocycles. The van der Waals surface area contributed by atoms with Crippen LogP contribution in [0.15, 0.2) is 35.3 Å². The van der Waals surface area contributed by atoms with E-state index in [0.29, 0.717) is 11.9 Å². The Bertz CT molecular complexity index is 440. The van der Waals surface area contributed by atoms with Crippen LogP contribution in [0.4, 0.5) is 0 Å². The fraction of sp³-hybridized carbons (Fsp3) is 0.467. The number of hydrogen-bond donors (Lipinski definition) is 2. The van der Waals surface area contributed by atoms with Gasteiger partial charge in [-0.2, -0.15) is 0 Å². The molecule has 0 radical (unpaired) electrons. The zero-order valence-electron chi connectivity index (χ0n) is 11.5. The highest BCUT2D eigenvalue weighted by molar-refractivity contribution is 5.87. The Morgan fingerprint density at radius 3 is 2.45 bits per heavy atom. The van der Waals surface area contributed by atoms with Crippen molar-refractivity contribution in [1.29, 1.82) is 0 Å². The summed E-state index contributed by atoms with van der Waals surface area (Å²) < 4.78 is 0. The van der Waals surface area contributed by atoms with Crippen LogP contribution in [0, 0.1) is 0 Å². The molecular weight excluding hydrogens is 276 g/mol. The number of primary amides is 1. The van der Waals surface area contributed by atoms with Gasteiger partial charge in [-0.1, -0.05) is 36.8 Å². The van der Waals surface area contributed by atoms with Crippen molar-refractivity contribution in [2.24, 2.45) is 4.99 Å². The SMILES string of the molecule is O=C([NH2+]O)[C@H](Cc1ccccc1)N=C1CCCCC1.[Cl-]. The van der Waals surface area contributed by atoms with Gasteiger partial charge in [0.2, 0.25) is 0 Å². The molecule has 1 aliphatic carbocycles. The summed E-state index contributed by atoms with van der Waals surface area (Å²) in [6.07, 6.45) is 6.11. The minimum absolute atomic E-state index is 0. The summed E-state index contributed by atoms with van der Waals surface area (Å²) in [6.45, 7) is 0. The molecule has 20 heavy (non-hydrogen) atoms. The maximum atomic E-state index is 11.8. The summed E-state index contributed by atoms with van der Waals surface area (Å²) in [5.74, 6) is -0.304. The van der Waals surface area contributed by atoms with Crippen LogP contribution < -0.4 is 17.9 Å². The average Bonchev–Trinajstić information content (AvgIpc) is 2.48. The first-order valence-electron chi connectivity index (χ1n) is 6.90. The van der Waals surface area contributed by atoms with Crippen molar-refractivity contribution in [3.63, 3.8) is 0 Å². The second-order valence-corrected chi connectivity index (χ2v) is 4.99. The van der Waals surface area contributed by atoms with Crippen LogP contribution >= 0.6 is 0 Å². The first-order chi connectivity index (χ1) is 9.29. The van der Waals surface area contributed by atoms with Gasteiger partial charge < -0.3 is 12.4 Å². The number of halogens is 1. The van der Waals surface area contributed by atoms with Gasteiger partial charge >= 0.3 is 5.91 Å². The smallest absolute Gasteiger partial charge is 0.367 e. The van der Waals surface area contributed by atoms with Crippen molar-refractivity contribution in [2.45, 2.75) is 44.6 Å². The number of aliphatic imine (C=N–C) groups is 1. The normalized spacial score (nSPS) is 16.1. The molecule has 1 amide bonds.